The predicted octanol–water partition coefficient (Wildman–Crippen LogP) is 4.15. The summed E-state index contributed by atoms with van der Waals surface area (Å²) < 4.78 is 5.74. The van der Waals surface area contributed by atoms with Crippen LogP contribution < -0.4 is 10.2 Å². The zero-order valence-electron chi connectivity index (χ0n) is 14.1. The summed E-state index contributed by atoms with van der Waals surface area (Å²) in [5.41, 5.74) is 3.07. The third-order valence-corrected chi connectivity index (χ3v) is 3.54. The fraction of sp³-hybridized carbons (Fsp3) is 0. The molecule has 0 aliphatic rings. The number of benzene rings is 3. The molecule has 0 heterocycles. The Morgan fingerprint density at radius 3 is 2.48 bits per heavy atom. The molecular weight excluding hydrogens is 346 g/mol. The fourth-order valence-corrected chi connectivity index (χ4v) is 2.27. The van der Waals surface area contributed by atoms with Crippen molar-refractivity contribution in [2.45, 2.75) is 0 Å². The van der Waals surface area contributed by atoms with E-state index in [4.69, 9.17) is 4.74 Å². The monoisotopic (exact) mass is 361 g/mol. The topological polar surface area (TPSA) is 93.8 Å². The Morgan fingerprint density at radius 1 is 0.963 bits per heavy atom. The molecule has 7 nitrogen and oxygen atoms in total. The molecule has 0 saturated carbocycles. The minimum atomic E-state index is -0.557. The maximum atomic E-state index is 12.0. The van der Waals surface area contributed by atoms with Gasteiger partial charge in [-0.05, 0) is 35.9 Å². The van der Waals surface area contributed by atoms with Gasteiger partial charge < -0.3 is 4.74 Å². The molecule has 0 atom stereocenters. The molecule has 0 unspecified atom stereocenters. The molecule has 7 heteroatoms. The van der Waals surface area contributed by atoms with E-state index in [2.05, 4.69) is 10.5 Å². The third-order valence-electron chi connectivity index (χ3n) is 3.54. The molecule has 134 valence electrons. The van der Waals surface area contributed by atoms with Gasteiger partial charge in [0, 0.05) is 17.7 Å². The van der Waals surface area contributed by atoms with Gasteiger partial charge in [-0.15, -0.1) is 0 Å². The van der Waals surface area contributed by atoms with E-state index < -0.39 is 10.8 Å². The number of carbonyl (C=O) groups is 1. The summed E-state index contributed by atoms with van der Waals surface area (Å²) in [7, 11) is 0. The van der Waals surface area contributed by atoms with Crippen LogP contribution >= 0.6 is 0 Å². The zero-order chi connectivity index (χ0) is 19.1. The number of nitro benzene ring substituents is 1. The molecule has 0 radical (unpaired) electrons. The van der Waals surface area contributed by atoms with Crippen molar-refractivity contribution in [1.29, 1.82) is 0 Å². The predicted molar refractivity (Wildman–Crippen MR) is 101 cm³/mol. The largest absolute Gasteiger partial charge is 0.457 e. The van der Waals surface area contributed by atoms with Crippen molar-refractivity contribution in [3.63, 3.8) is 0 Å². The number of amides is 1. The summed E-state index contributed by atoms with van der Waals surface area (Å²) >= 11 is 0. The molecule has 0 bridgehead atoms. The number of nitrogens with zero attached hydrogens (tertiary/aromatic N) is 2. The van der Waals surface area contributed by atoms with E-state index in [1.165, 1.54) is 30.5 Å². The number of hydrogen-bond acceptors (Lipinski definition) is 5. The number of non-ortho nitro benzene ring substituents is 1. The average molecular weight is 361 g/mol. The summed E-state index contributed by atoms with van der Waals surface area (Å²) in [5, 5.41) is 14.7. The van der Waals surface area contributed by atoms with Crippen LogP contribution in [-0.2, 0) is 0 Å². The molecule has 3 rings (SSSR count). The Balaban J connectivity index is 1.64. The van der Waals surface area contributed by atoms with Crippen molar-refractivity contribution < 1.29 is 14.5 Å². The number of hydrazone groups is 1. The van der Waals surface area contributed by atoms with Crippen LogP contribution in [-0.4, -0.2) is 17.0 Å². The van der Waals surface area contributed by atoms with Crippen molar-refractivity contribution in [2.75, 3.05) is 0 Å². The maximum Gasteiger partial charge on any atom is 0.271 e. The van der Waals surface area contributed by atoms with Crippen LogP contribution in [0.3, 0.4) is 0 Å². The van der Waals surface area contributed by atoms with E-state index in [1.807, 2.05) is 42.5 Å². The first-order valence-electron chi connectivity index (χ1n) is 8.03. The number of hydrogen-bond donors (Lipinski definition) is 1. The summed E-state index contributed by atoms with van der Waals surface area (Å²) in [6.07, 6.45) is 1.47. The first-order chi connectivity index (χ1) is 13.1. The lowest BCUT2D eigenvalue weighted by molar-refractivity contribution is -0.384. The van der Waals surface area contributed by atoms with Gasteiger partial charge in [0.1, 0.15) is 11.5 Å². The molecular formula is C20H15N3O4. The van der Waals surface area contributed by atoms with Gasteiger partial charge in [-0.3, -0.25) is 14.9 Å². The molecule has 0 fully saturated rings. The van der Waals surface area contributed by atoms with E-state index in [9.17, 15) is 14.9 Å². The molecule has 0 saturated heterocycles. The number of carbonyl (C=O) groups excluding carboxylic acids is 1. The maximum absolute atomic E-state index is 12.0. The first-order valence-corrected chi connectivity index (χ1v) is 8.03. The molecule has 27 heavy (non-hydrogen) atoms. The number of nitro groups is 1. The van der Waals surface area contributed by atoms with Gasteiger partial charge in [0.05, 0.1) is 11.1 Å². The molecule has 1 N–H and O–H groups in total. The van der Waals surface area contributed by atoms with Gasteiger partial charge in [0.15, 0.2) is 0 Å². The van der Waals surface area contributed by atoms with Crippen LogP contribution in [0, 0.1) is 10.1 Å². The molecule has 0 aliphatic heterocycles. The minimum Gasteiger partial charge on any atom is -0.457 e. The highest BCUT2D eigenvalue weighted by Gasteiger charge is 2.10. The lowest BCUT2D eigenvalue weighted by atomic mass is 10.2. The molecule has 1 amide bonds. The first kappa shape index (κ1) is 17.8. The molecule has 0 spiro atoms. The van der Waals surface area contributed by atoms with Crippen LogP contribution in [0.2, 0.25) is 0 Å². The number of rotatable bonds is 6. The quantitative estimate of drug-likeness (QED) is 0.405. The van der Waals surface area contributed by atoms with Crippen molar-refractivity contribution in [2.24, 2.45) is 5.10 Å². The van der Waals surface area contributed by atoms with Crippen molar-refractivity contribution in [1.82, 2.24) is 5.43 Å². The van der Waals surface area contributed by atoms with E-state index in [0.717, 1.165) is 5.56 Å². The summed E-state index contributed by atoms with van der Waals surface area (Å²) in [6.45, 7) is 0. The van der Waals surface area contributed by atoms with Gasteiger partial charge >= 0.3 is 0 Å². The highest BCUT2D eigenvalue weighted by atomic mass is 16.6. The van der Waals surface area contributed by atoms with Crippen LogP contribution in [0.25, 0.3) is 0 Å². The third kappa shape index (κ3) is 4.99. The van der Waals surface area contributed by atoms with Gasteiger partial charge in [0.2, 0.25) is 0 Å². The van der Waals surface area contributed by atoms with E-state index in [0.29, 0.717) is 11.5 Å². The average Bonchev–Trinajstić information content (AvgIpc) is 2.69. The summed E-state index contributed by atoms with van der Waals surface area (Å²) in [5.74, 6) is 0.812. The lowest BCUT2D eigenvalue weighted by Gasteiger charge is -2.05. The molecule has 3 aromatic rings. The van der Waals surface area contributed by atoms with Gasteiger partial charge in [-0.25, -0.2) is 5.43 Å². The van der Waals surface area contributed by atoms with E-state index in [-0.39, 0.29) is 11.3 Å². The highest BCUT2D eigenvalue weighted by molar-refractivity contribution is 5.95. The van der Waals surface area contributed by atoms with Crippen LogP contribution in [0.15, 0.2) is 84.0 Å². The van der Waals surface area contributed by atoms with Crippen molar-refractivity contribution >= 4 is 17.8 Å². The highest BCUT2D eigenvalue weighted by Crippen LogP contribution is 2.21. The standard InChI is InChI=1S/C20H15N3O4/c24-20(16-7-5-8-17(13-16)23(25)26)22-21-14-15-6-4-11-19(12-15)27-18-9-2-1-3-10-18/h1-14H,(H,22,24)/b21-14-. The van der Waals surface area contributed by atoms with E-state index in [1.54, 1.807) is 12.1 Å². The van der Waals surface area contributed by atoms with Crippen LogP contribution in [0.5, 0.6) is 11.5 Å². The van der Waals surface area contributed by atoms with Gasteiger partial charge in [-0.2, -0.15) is 5.10 Å². The second kappa shape index (κ2) is 8.39. The van der Waals surface area contributed by atoms with Crippen molar-refractivity contribution in [3.8, 4) is 11.5 Å². The Morgan fingerprint density at radius 2 is 1.70 bits per heavy atom. The lowest BCUT2D eigenvalue weighted by Crippen LogP contribution is -2.17. The summed E-state index contributed by atoms with van der Waals surface area (Å²) in [4.78, 5) is 22.3. The van der Waals surface area contributed by atoms with Gasteiger partial charge in [-0.1, -0.05) is 36.4 Å². The number of nitrogens with one attached hydrogen (secondary N) is 1. The number of para-hydroxylation sites is 1. The zero-order valence-corrected chi connectivity index (χ0v) is 14.1. The Bertz CT molecular complexity index is 987. The van der Waals surface area contributed by atoms with Crippen molar-refractivity contribution in [3.05, 3.63) is 100 Å². The molecule has 0 aliphatic carbocycles. The van der Waals surface area contributed by atoms with Crippen LogP contribution in [0.1, 0.15) is 15.9 Å². The molecule has 0 aromatic heterocycles. The number of ether oxygens (including phenoxy) is 1. The SMILES string of the molecule is O=C(N/N=C\c1cccc(Oc2ccccc2)c1)c1cccc([N+](=O)[O-])c1. The minimum absolute atomic E-state index is 0.155. The molecule has 3 aromatic carbocycles. The second-order valence-electron chi connectivity index (χ2n) is 5.49. The second-order valence-corrected chi connectivity index (χ2v) is 5.49. The fourth-order valence-electron chi connectivity index (χ4n) is 2.27. The Labute approximate surface area is 155 Å². The normalized spacial score (nSPS) is 10.5. The van der Waals surface area contributed by atoms with E-state index >= 15 is 0 Å². The summed E-state index contributed by atoms with van der Waals surface area (Å²) in [6, 6.07) is 22.0. The Hall–Kier alpha value is -4.00. The smallest absolute Gasteiger partial charge is 0.271 e. The Kier molecular flexibility index (Phi) is 5.54. The van der Waals surface area contributed by atoms with Gasteiger partial charge in [0.25, 0.3) is 11.6 Å². The van der Waals surface area contributed by atoms with Crippen LogP contribution in [0.4, 0.5) is 5.69 Å².